The lowest BCUT2D eigenvalue weighted by Gasteiger charge is -2.35. The number of carbonyl (C=O) groups is 1. The number of fused-ring (bicyclic) bond motifs is 1. The molecular formula is C17H18N4OS. The summed E-state index contributed by atoms with van der Waals surface area (Å²) < 4.78 is 1.89. The summed E-state index contributed by atoms with van der Waals surface area (Å²) in [7, 11) is 0. The first-order valence-electron chi connectivity index (χ1n) is 7.91. The highest BCUT2D eigenvalue weighted by atomic mass is 32.1. The molecule has 0 radical (unpaired) electrons. The predicted octanol–water partition coefficient (Wildman–Crippen LogP) is 3.09. The van der Waals surface area contributed by atoms with Gasteiger partial charge in [0, 0.05) is 25.1 Å². The third-order valence-electron chi connectivity index (χ3n) is 4.38. The van der Waals surface area contributed by atoms with Crippen molar-refractivity contribution in [2.45, 2.75) is 31.7 Å². The van der Waals surface area contributed by atoms with Crippen LogP contribution in [0.1, 0.15) is 36.6 Å². The van der Waals surface area contributed by atoms with Crippen LogP contribution < -0.4 is 0 Å². The standard InChI is InChI=1S/C17H18N4OS/c22-16(11-13-5-10-23-12-13)21-7-2-1-3-15(21)14-4-8-20-9-6-18-17(20)19-14/h4-6,8-10,12,15H,1-3,7,11H2/t15-/m1/s1. The summed E-state index contributed by atoms with van der Waals surface area (Å²) in [5.41, 5.74) is 2.04. The van der Waals surface area contributed by atoms with Crippen molar-refractivity contribution < 1.29 is 4.79 Å². The first-order chi connectivity index (χ1) is 11.3. The summed E-state index contributed by atoms with van der Waals surface area (Å²) >= 11 is 1.63. The van der Waals surface area contributed by atoms with E-state index in [1.807, 2.05) is 44.6 Å². The van der Waals surface area contributed by atoms with Crippen LogP contribution in [-0.2, 0) is 11.2 Å². The van der Waals surface area contributed by atoms with Crippen LogP contribution >= 0.6 is 11.3 Å². The number of rotatable bonds is 3. The molecule has 4 rings (SSSR count). The second-order valence-electron chi connectivity index (χ2n) is 5.89. The fraction of sp³-hybridized carbons (Fsp3) is 0.353. The number of piperidine rings is 1. The molecule has 1 saturated heterocycles. The maximum absolute atomic E-state index is 12.7. The van der Waals surface area contributed by atoms with Gasteiger partial charge in [-0.15, -0.1) is 0 Å². The number of carbonyl (C=O) groups excluding carboxylic acids is 1. The molecule has 0 aliphatic carbocycles. The molecular weight excluding hydrogens is 308 g/mol. The van der Waals surface area contributed by atoms with E-state index in [9.17, 15) is 4.79 Å². The van der Waals surface area contributed by atoms with Gasteiger partial charge in [-0.3, -0.25) is 9.20 Å². The second kappa shape index (κ2) is 6.12. The minimum atomic E-state index is 0.0663. The fourth-order valence-electron chi connectivity index (χ4n) is 3.21. The molecule has 118 valence electrons. The summed E-state index contributed by atoms with van der Waals surface area (Å²) in [6.07, 6.45) is 9.25. The molecule has 3 aromatic heterocycles. The third-order valence-corrected chi connectivity index (χ3v) is 5.12. The summed E-state index contributed by atoms with van der Waals surface area (Å²) in [6.45, 7) is 0.814. The average Bonchev–Trinajstić information content (AvgIpc) is 3.25. The Morgan fingerprint density at radius 3 is 3.13 bits per heavy atom. The van der Waals surface area contributed by atoms with E-state index in [4.69, 9.17) is 0 Å². The van der Waals surface area contributed by atoms with Crippen molar-refractivity contribution in [2.24, 2.45) is 0 Å². The number of nitrogens with zero attached hydrogens (tertiary/aromatic N) is 4. The molecule has 1 atom stereocenters. The Balaban J connectivity index is 1.60. The fourth-order valence-corrected chi connectivity index (χ4v) is 3.88. The number of hydrogen-bond acceptors (Lipinski definition) is 4. The van der Waals surface area contributed by atoms with E-state index in [-0.39, 0.29) is 11.9 Å². The van der Waals surface area contributed by atoms with E-state index >= 15 is 0 Å². The first-order valence-corrected chi connectivity index (χ1v) is 8.86. The number of aromatic nitrogens is 3. The van der Waals surface area contributed by atoms with E-state index in [0.717, 1.165) is 37.1 Å². The summed E-state index contributed by atoms with van der Waals surface area (Å²) in [5, 5.41) is 4.07. The number of imidazole rings is 1. The molecule has 0 bridgehead atoms. The van der Waals surface area contributed by atoms with Crippen molar-refractivity contribution >= 4 is 23.0 Å². The Kier molecular flexibility index (Phi) is 3.83. The van der Waals surface area contributed by atoms with Crippen molar-refractivity contribution in [3.05, 3.63) is 52.7 Å². The molecule has 0 spiro atoms. The normalized spacial score (nSPS) is 18.4. The molecule has 1 aliphatic heterocycles. The molecule has 0 unspecified atom stereocenters. The molecule has 0 N–H and O–H groups in total. The second-order valence-corrected chi connectivity index (χ2v) is 6.67. The van der Waals surface area contributed by atoms with Gasteiger partial charge in [0.2, 0.25) is 11.7 Å². The summed E-state index contributed by atoms with van der Waals surface area (Å²) in [4.78, 5) is 23.7. The zero-order valence-electron chi connectivity index (χ0n) is 12.8. The minimum absolute atomic E-state index is 0.0663. The zero-order chi connectivity index (χ0) is 15.6. The van der Waals surface area contributed by atoms with Crippen LogP contribution in [0.5, 0.6) is 0 Å². The van der Waals surface area contributed by atoms with Gasteiger partial charge in [0.1, 0.15) is 0 Å². The lowest BCUT2D eigenvalue weighted by Crippen LogP contribution is -2.39. The molecule has 0 saturated carbocycles. The van der Waals surface area contributed by atoms with Gasteiger partial charge in [-0.25, -0.2) is 9.97 Å². The van der Waals surface area contributed by atoms with Crippen LogP contribution in [0.3, 0.4) is 0 Å². The Labute approximate surface area is 138 Å². The first kappa shape index (κ1) is 14.4. The van der Waals surface area contributed by atoms with Gasteiger partial charge in [0.25, 0.3) is 0 Å². The van der Waals surface area contributed by atoms with E-state index in [0.29, 0.717) is 12.2 Å². The largest absolute Gasteiger partial charge is 0.334 e. The Hall–Kier alpha value is -2.21. The quantitative estimate of drug-likeness (QED) is 0.743. The van der Waals surface area contributed by atoms with Crippen LogP contribution in [0.25, 0.3) is 5.78 Å². The minimum Gasteiger partial charge on any atom is -0.334 e. The maximum Gasteiger partial charge on any atom is 0.233 e. The molecule has 1 amide bonds. The van der Waals surface area contributed by atoms with Crippen LogP contribution in [0, 0.1) is 0 Å². The SMILES string of the molecule is O=C(Cc1ccsc1)N1CCCC[C@@H]1c1ccn2ccnc2n1. The lowest BCUT2D eigenvalue weighted by atomic mass is 9.98. The maximum atomic E-state index is 12.7. The highest BCUT2D eigenvalue weighted by Gasteiger charge is 2.29. The van der Waals surface area contributed by atoms with Gasteiger partial charge in [-0.1, -0.05) is 0 Å². The van der Waals surface area contributed by atoms with E-state index in [1.54, 1.807) is 17.5 Å². The highest BCUT2D eigenvalue weighted by Crippen LogP contribution is 2.30. The molecule has 1 aliphatic rings. The van der Waals surface area contributed by atoms with Gasteiger partial charge in [-0.05, 0) is 47.7 Å². The molecule has 6 heteroatoms. The number of thiophene rings is 1. The highest BCUT2D eigenvalue weighted by molar-refractivity contribution is 7.08. The van der Waals surface area contributed by atoms with Crippen LogP contribution in [0.2, 0.25) is 0 Å². The van der Waals surface area contributed by atoms with Crippen LogP contribution in [0.4, 0.5) is 0 Å². The van der Waals surface area contributed by atoms with Gasteiger partial charge >= 0.3 is 0 Å². The molecule has 5 nitrogen and oxygen atoms in total. The van der Waals surface area contributed by atoms with Crippen molar-refractivity contribution in [2.75, 3.05) is 6.54 Å². The van der Waals surface area contributed by atoms with Crippen molar-refractivity contribution in [1.29, 1.82) is 0 Å². The van der Waals surface area contributed by atoms with E-state index in [1.165, 1.54) is 0 Å². The zero-order valence-corrected chi connectivity index (χ0v) is 13.6. The molecule has 3 aromatic rings. The number of hydrogen-bond donors (Lipinski definition) is 0. The van der Waals surface area contributed by atoms with E-state index in [2.05, 4.69) is 9.97 Å². The predicted molar refractivity (Wildman–Crippen MR) is 89.3 cm³/mol. The smallest absolute Gasteiger partial charge is 0.233 e. The van der Waals surface area contributed by atoms with Gasteiger partial charge in [-0.2, -0.15) is 11.3 Å². The number of likely N-dealkylation sites (tertiary alicyclic amines) is 1. The Morgan fingerprint density at radius 2 is 2.26 bits per heavy atom. The average molecular weight is 326 g/mol. The number of amides is 1. The van der Waals surface area contributed by atoms with Gasteiger partial charge in [0.05, 0.1) is 18.2 Å². The van der Waals surface area contributed by atoms with Gasteiger partial charge in [0.15, 0.2) is 0 Å². The summed E-state index contributed by atoms with van der Waals surface area (Å²) in [5.74, 6) is 0.886. The van der Waals surface area contributed by atoms with E-state index < -0.39 is 0 Å². The summed E-state index contributed by atoms with van der Waals surface area (Å²) in [6, 6.07) is 4.10. The van der Waals surface area contributed by atoms with Crippen molar-refractivity contribution in [3.8, 4) is 0 Å². The van der Waals surface area contributed by atoms with Crippen molar-refractivity contribution in [3.63, 3.8) is 0 Å². The molecule has 23 heavy (non-hydrogen) atoms. The van der Waals surface area contributed by atoms with Crippen LogP contribution in [-0.4, -0.2) is 31.7 Å². The Bertz CT molecular complexity index is 811. The molecule has 0 aromatic carbocycles. The van der Waals surface area contributed by atoms with Crippen molar-refractivity contribution in [1.82, 2.24) is 19.3 Å². The molecule has 4 heterocycles. The Morgan fingerprint density at radius 1 is 1.30 bits per heavy atom. The third kappa shape index (κ3) is 2.86. The van der Waals surface area contributed by atoms with Gasteiger partial charge < -0.3 is 4.90 Å². The lowest BCUT2D eigenvalue weighted by molar-refractivity contribution is -0.134. The monoisotopic (exact) mass is 326 g/mol. The topological polar surface area (TPSA) is 50.5 Å². The molecule has 1 fully saturated rings. The van der Waals surface area contributed by atoms with Crippen LogP contribution in [0.15, 0.2) is 41.5 Å².